The van der Waals surface area contributed by atoms with Crippen molar-refractivity contribution in [1.82, 2.24) is 25.3 Å². The van der Waals surface area contributed by atoms with Gasteiger partial charge in [-0.2, -0.15) is 10.2 Å². The summed E-state index contributed by atoms with van der Waals surface area (Å²) in [6, 6.07) is 12.2. The summed E-state index contributed by atoms with van der Waals surface area (Å²) in [6.07, 6.45) is 6.04. The number of para-hydroxylation sites is 1. The van der Waals surface area contributed by atoms with E-state index < -0.39 is 0 Å². The summed E-state index contributed by atoms with van der Waals surface area (Å²) < 4.78 is 1.96. The van der Waals surface area contributed by atoms with Crippen molar-refractivity contribution < 1.29 is 0 Å². The molecule has 5 heteroatoms. The lowest BCUT2D eigenvalue weighted by molar-refractivity contribution is 0.638. The summed E-state index contributed by atoms with van der Waals surface area (Å²) in [4.78, 5) is 0. The highest BCUT2D eigenvalue weighted by molar-refractivity contribution is 5.32. The molecule has 0 unspecified atom stereocenters. The molecule has 0 saturated heterocycles. The maximum absolute atomic E-state index is 4.60. The highest BCUT2D eigenvalue weighted by atomic mass is 15.3. The van der Waals surface area contributed by atoms with E-state index in [2.05, 4.69) is 45.9 Å². The number of rotatable bonds is 7. The van der Waals surface area contributed by atoms with Crippen LogP contribution in [0.4, 0.5) is 0 Å². The van der Waals surface area contributed by atoms with Crippen molar-refractivity contribution in [3.63, 3.8) is 0 Å². The molecule has 1 aromatic carbocycles. The molecule has 0 aliphatic heterocycles. The first-order valence-corrected chi connectivity index (χ1v) is 7.62. The fourth-order valence-corrected chi connectivity index (χ4v) is 2.46. The Balaban J connectivity index is 1.49. The van der Waals surface area contributed by atoms with Crippen LogP contribution in [0.3, 0.4) is 0 Å². The Morgan fingerprint density at radius 1 is 1.18 bits per heavy atom. The lowest BCUT2D eigenvalue weighted by Gasteiger charge is -2.02. The molecule has 0 bridgehead atoms. The molecule has 3 rings (SSSR count). The van der Waals surface area contributed by atoms with Crippen molar-refractivity contribution in [2.45, 2.75) is 26.3 Å². The molecule has 0 aliphatic rings. The van der Waals surface area contributed by atoms with Gasteiger partial charge in [0.25, 0.3) is 0 Å². The SMILES string of the molecule is Cc1nn(-c2ccccc2)cc1CCCNCc1ccn[nH]1. The van der Waals surface area contributed by atoms with Crippen LogP contribution < -0.4 is 5.32 Å². The summed E-state index contributed by atoms with van der Waals surface area (Å²) in [7, 11) is 0. The largest absolute Gasteiger partial charge is 0.311 e. The van der Waals surface area contributed by atoms with Crippen LogP contribution in [-0.2, 0) is 13.0 Å². The molecule has 0 spiro atoms. The van der Waals surface area contributed by atoms with Crippen molar-refractivity contribution in [3.05, 3.63) is 65.7 Å². The van der Waals surface area contributed by atoms with Gasteiger partial charge in [-0.3, -0.25) is 5.10 Å². The monoisotopic (exact) mass is 295 g/mol. The minimum atomic E-state index is 0.836. The number of aromatic nitrogens is 4. The van der Waals surface area contributed by atoms with Gasteiger partial charge in [0.2, 0.25) is 0 Å². The van der Waals surface area contributed by atoms with Crippen molar-refractivity contribution in [3.8, 4) is 5.69 Å². The van der Waals surface area contributed by atoms with E-state index >= 15 is 0 Å². The van der Waals surface area contributed by atoms with Crippen LogP contribution in [0.1, 0.15) is 23.4 Å². The average Bonchev–Trinajstić information content (AvgIpc) is 3.18. The maximum atomic E-state index is 4.60. The first-order valence-electron chi connectivity index (χ1n) is 7.62. The topological polar surface area (TPSA) is 58.5 Å². The number of nitrogens with zero attached hydrogens (tertiary/aromatic N) is 3. The van der Waals surface area contributed by atoms with Crippen LogP contribution >= 0.6 is 0 Å². The highest BCUT2D eigenvalue weighted by Gasteiger charge is 2.05. The van der Waals surface area contributed by atoms with Crippen molar-refractivity contribution in [2.75, 3.05) is 6.54 Å². The van der Waals surface area contributed by atoms with Crippen LogP contribution in [-0.4, -0.2) is 26.5 Å². The van der Waals surface area contributed by atoms with Gasteiger partial charge >= 0.3 is 0 Å². The molecule has 0 radical (unpaired) electrons. The summed E-state index contributed by atoms with van der Waals surface area (Å²) in [5, 5.41) is 14.9. The zero-order chi connectivity index (χ0) is 15.2. The van der Waals surface area contributed by atoms with Gasteiger partial charge < -0.3 is 5.32 Å². The summed E-state index contributed by atoms with van der Waals surface area (Å²) in [6.45, 7) is 3.89. The maximum Gasteiger partial charge on any atom is 0.0645 e. The van der Waals surface area contributed by atoms with E-state index in [9.17, 15) is 0 Å². The number of benzene rings is 1. The Kier molecular flexibility index (Phi) is 4.65. The van der Waals surface area contributed by atoms with Gasteiger partial charge in [0.15, 0.2) is 0 Å². The third-order valence-corrected chi connectivity index (χ3v) is 3.69. The third kappa shape index (κ3) is 3.62. The normalized spacial score (nSPS) is 11.0. The van der Waals surface area contributed by atoms with Gasteiger partial charge in [-0.05, 0) is 50.1 Å². The van der Waals surface area contributed by atoms with E-state index in [1.54, 1.807) is 6.20 Å². The molecule has 3 aromatic rings. The second kappa shape index (κ2) is 7.04. The molecular formula is C17H21N5. The first-order chi connectivity index (χ1) is 10.8. The van der Waals surface area contributed by atoms with Crippen LogP contribution in [0.2, 0.25) is 0 Å². The summed E-state index contributed by atoms with van der Waals surface area (Å²) >= 11 is 0. The van der Waals surface area contributed by atoms with Crippen molar-refractivity contribution in [2.24, 2.45) is 0 Å². The summed E-state index contributed by atoms with van der Waals surface area (Å²) in [5.74, 6) is 0. The first kappa shape index (κ1) is 14.5. The second-order valence-electron chi connectivity index (χ2n) is 5.38. The van der Waals surface area contributed by atoms with Gasteiger partial charge in [0, 0.05) is 24.6 Å². The summed E-state index contributed by atoms with van der Waals surface area (Å²) in [5.41, 5.74) is 4.65. The van der Waals surface area contributed by atoms with E-state index in [-0.39, 0.29) is 0 Å². The zero-order valence-corrected chi connectivity index (χ0v) is 12.8. The fourth-order valence-electron chi connectivity index (χ4n) is 2.46. The molecule has 2 N–H and O–H groups in total. The predicted molar refractivity (Wildman–Crippen MR) is 86.9 cm³/mol. The average molecular weight is 295 g/mol. The Morgan fingerprint density at radius 3 is 2.82 bits per heavy atom. The number of nitrogens with one attached hydrogen (secondary N) is 2. The van der Waals surface area contributed by atoms with Gasteiger partial charge in [0.05, 0.1) is 11.4 Å². The van der Waals surface area contributed by atoms with E-state index in [4.69, 9.17) is 0 Å². The molecule has 2 heterocycles. The van der Waals surface area contributed by atoms with E-state index in [1.807, 2.05) is 28.9 Å². The molecule has 5 nitrogen and oxygen atoms in total. The van der Waals surface area contributed by atoms with Gasteiger partial charge in [0.1, 0.15) is 0 Å². The van der Waals surface area contributed by atoms with E-state index in [1.165, 1.54) is 5.56 Å². The quantitative estimate of drug-likeness (QED) is 0.659. The Hall–Kier alpha value is -2.40. The molecule has 22 heavy (non-hydrogen) atoms. The smallest absolute Gasteiger partial charge is 0.0645 e. The number of hydrogen-bond acceptors (Lipinski definition) is 3. The van der Waals surface area contributed by atoms with Crippen LogP contribution in [0.5, 0.6) is 0 Å². The Morgan fingerprint density at radius 2 is 2.05 bits per heavy atom. The van der Waals surface area contributed by atoms with Gasteiger partial charge in [-0.15, -0.1) is 0 Å². The minimum absolute atomic E-state index is 0.836. The Labute approximate surface area is 130 Å². The van der Waals surface area contributed by atoms with Crippen molar-refractivity contribution in [1.29, 1.82) is 0 Å². The number of aromatic amines is 1. The molecule has 0 amide bonds. The molecule has 114 valence electrons. The molecule has 0 atom stereocenters. The fraction of sp³-hybridized carbons (Fsp3) is 0.294. The van der Waals surface area contributed by atoms with Crippen LogP contribution in [0.15, 0.2) is 48.8 Å². The number of hydrogen-bond donors (Lipinski definition) is 2. The predicted octanol–water partition coefficient (Wildman–Crippen LogP) is 2.63. The third-order valence-electron chi connectivity index (χ3n) is 3.69. The molecule has 0 fully saturated rings. The standard InChI is InChI=1S/C17H21N5/c1-14-15(6-5-10-18-12-16-9-11-19-20-16)13-22(21-14)17-7-3-2-4-8-17/h2-4,7-9,11,13,18H,5-6,10,12H2,1H3,(H,19,20). The molecular weight excluding hydrogens is 274 g/mol. The zero-order valence-electron chi connectivity index (χ0n) is 12.8. The molecule has 0 saturated carbocycles. The highest BCUT2D eigenvalue weighted by Crippen LogP contribution is 2.13. The van der Waals surface area contributed by atoms with Gasteiger partial charge in [-0.25, -0.2) is 4.68 Å². The minimum Gasteiger partial charge on any atom is -0.311 e. The lowest BCUT2D eigenvalue weighted by atomic mass is 10.1. The van der Waals surface area contributed by atoms with Crippen LogP contribution in [0.25, 0.3) is 5.69 Å². The second-order valence-corrected chi connectivity index (χ2v) is 5.38. The Bertz CT molecular complexity index is 685. The van der Waals surface area contributed by atoms with Crippen molar-refractivity contribution >= 4 is 0 Å². The molecule has 0 aliphatic carbocycles. The molecule has 2 aromatic heterocycles. The van der Waals surface area contributed by atoms with E-state index in [0.717, 1.165) is 43.0 Å². The van der Waals surface area contributed by atoms with Gasteiger partial charge in [-0.1, -0.05) is 18.2 Å². The van der Waals surface area contributed by atoms with Crippen LogP contribution in [0, 0.1) is 6.92 Å². The van der Waals surface area contributed by atoms with E-state index in [0.29, 0.717) is 0 Å². The number of aryl methyl sites for hydroxylation is 2. The lowest BCUT2D eigenvalue weighted by Crippen LogP contribution is -2.15. The number of H-pyrrole nitrogens is 1.